The molecule has 0 bridgehead atoms. The van der Waals surface area contributed by atoms with Gasteiger partial charge in [-0.2, -0.15) is 8.78 Å². The molecule has 1 aromatic carbocycles. The first-order valence-corrected chi connectivity index (χ1v) is 11.9. The number of rotatable bonds is 7. The van der Waals surface area contributed by atoms with E-state index in [0.29, 0.717) is 37.2 Å². The Labute approximate surface area is 192 Å². The highest BCUT2D eigenvalue weighted by Crippen LogP contribution is 2.30. The summed E-state index contributed by atoms with van der Waals surface area (Å²) in [7, 11) is -3.83. The van der Waals surface area contributed by atoms with Gasteiger partial charge < -0.3 is 9.73 Å². The number of anilines is 1. The minimum absolute atomic E-state index is 0.131. The SMILES string of the molecule is O=S(=O)(C1CCNCC1)N(Cc1ccc(-c2nnc(C(F)F)o2)cn1)c1ccc(F)c(Cl)c1. The van der Waals surface area contributed by atoms with E-state index in [2.05, 4.69) is 20.5 Å². The van der Waals surface area contributed by atoms with Crippen LogP contribution in [-0.2, 0) is 16.6 Å². The summed E-state index contributed by atoms with van der Waals surface area (Å²) in [5, 5.41) is 9.15. The molecule has 1 fully saturated rings. The second kappa shape index (κ2) is 9.65. The Hall–Kier alpha value is -2.70. The van der Waals surface area contributed by atoms with Gasteiger partial charge in [-0.25, -0.2) is 12.8 Å². The summed E-state index contributed by atoms with van der Waals surface area (Å²) in [5.74, 6) is -1.60. The second-order valence-electron chi connectivity index (χ2n) is 7.38. The molecule has 1 saturated heterocycles. The van der Waals surface area contributed by atoms with Gasteiger partial charge in [-0.3, -0.25) is 9.29 Å². The molecule has 1 aliphatic rings. The number of alkyl halides is 2. The van der Waals surface area contributed by atoms with Crippen LogP contribution in [-0.4, -0.2) is 41.9 Å². The van der Waals surface area contributed by atoms with Gasteiger partial charge in [-0.1, -0.05) is 11.6 Å². The van der Waals surface area contributed by atoms with Crippen molar-refractivity contribution in [3.05, 3.63) is 59.0 Å². The van der Waals surface area contributed by atoms with Crippen molar-refractivity contribution >= 4 is 27.3 Å². The van der Waals surface area contributed by atoms with Crippen LogP contribution in [0.3, 0.4) is 0 Å². The van der Waals surface area contributed by atoms with E-state index >= 15 is 0 Å². The lowest BCUT2D eigenvalue weighted by atomic mass is 10.2. The molecule has 0 radical (unpaired) electrons. The molecule has 1 N–H and O–H groups in total. The predicted octanol–water partition coefficient (Wildman–Crippen LogP) is 3.95. The van der Waals surface area contributed by atoms with Crippen molar-refractivity contribution in [3.8, 4) is 11.5 Å². The molecule has 176 valence electrons. The van der Waals surface area contributed by atoms with Crippen LogP contribution in [0.25, 0.3) is 11.5 Å². The number of sulfonamides is 1. The van der Waals surface area contributed by atoms with Gasteiger partial charge in [0.15, 0.2) is 0 Å². The zero-order valence-corrected chi connectivity index (χ0v) is 18.7. The number of halogens is 4. The van der Waals surface area contributed by atoms with Crippen LogP contribution in [0.15, 0.2) is 40.9 Å². The van der Waals surface area contributed by atoms with E-state index in [9.17, 15) is 21.6 Å². The molecular formula is C20H19ClF3N5O3S. The normalized spacial score (nSPS) is 15.2. The fourth-order valence-electron chi connectivity index (χ4n) is 3.47. The Balaban J connectivity index is 1.63. The summed E-state index contributed by atoms with van der Waals surface area (Å²) in [6.07, 6.45) is -0.701. The molecular weight excluding hydrogens is 483 g/mol. The Morgan fingerprint density at radius 1 is 1.18 bits per heavy atom. The molecule has 0 spiro atoms. The number of nitrogens with one attached hydrogen (secondary N) is 1. The van der Waals surface area contributed by atoms with Crippen LogP contribution < -0.4 is 9.62 Å². The summed E-state index contributed by atoms with van der Waals surface area (Å²) in [4.78, 5) is 4.23. The van der Waals surface area contributed by atoms with Gasteiger partial charge >= 0.3 is 6.43 Å². The average Bonchev–Trinajstić information content (AvgIpc) is 3.31. The number of piperidine rings is 1. The third-order valence-electron chi connectivity index (χ3n) is 5.21. The van der Waals surface area contributed by atoms with Gasteiger partial charge in [0, 0.05) is 6.20 Å². The van der Waals surface area contributed by atoms with Gasteiger partial charge in [0.25, 0.3) is 5.89 Å². The molecule has 3 heterocycles. The lowest BCUT2D eigenvalue weighted by Gasteiger charge is -2.31. The van der Waals surface area contributed by atoms with E-state index in [1.165, 1.54) is 30.5 Å². The molecule has 1 aliphatic heterocycles. The number of benzene rings is 1. The number of hydrogen-bond donors (Lipinski definition) is 1. The van der Waals surface area contributed by atoms with Gasteiger partial charge in [-0.15, -0.1) is 10.2 Å². The molecule has 8 nitrogen and oxygen atoms in total. The lowest BCUT2D eigenvalue weighted by Crippen LogP contribution is -2.44. The van der Waals surface area contributed by atoms with Gasteiger partial charge in [-0.05, 0) is 56.3 Å². The summed E-state index contributed by atoms with van der Waals surface area (Å²) < 4.78 is 72.1. The summed E-state index contributed by atoms with van der Waals surface area (Å²) >= 11 is 5.91. The first-order valence-electron chi connectivity index (χ1n) is 10.00. The molecule has 0 unspecified atom stereocenters. The van der Waals surface area contributed by atoms with E-state index in [0.717, 1.165) is 10.4 Å². The van der Waals surface area contributed by atoms with E-state index in [1.54, 1.807) is 0 Å². The number of hydrogen-bond acceptors (Lipinski definition) is 7. The number of nitrogens with zero attached hydrogens (tertiary/aromatic N) is 4. The van der Waals surface area contributed by atoms with E-state index in [4.69, 9.17) is 16.0 Å². The smallest absolute Gasteiger partial charge is 0.314 e. The van der Waals surface area contributed by atoms with Gasteiger partial charge in [0.2, 0.25) is 15.9 Å². The second-order valence-corrected chi connectivity index (χ2v) is 9.93. The van der Waals surface area contributed by atoms with E-state index in [-0.39, 0.29) is 23.1 Å². The summed E-state index contributed by atoms with van der Waals surface area (Å²) in [6.45, 7) is 1.000. The molecule has 3 aromatic rings. The number of aromatic nitrogens is 3. The highest BCUT2D eigenvalue weighted by molar-refractivity contribution is 7.93. The molecule has 0 aliphatic carbocycles. The first kappa shape index (κ1) is 23.5. The van der Waals surface area contributed by atoms with E-state index in [1.807, 2.05) is 0 Å². The van der Waals surface area contributed by atoms with Crippen molar-refractivity contribution in [3.63, 3.8) is 0 Å². The maximum atomic E-state index is 13.7. The number of pyridine rings is 1. The maximum Gasteiger partial charge on any atom is 0.314 e. The maximum absolute atomic E-state index is 13.7. The topological polar surface area (TPSA) is 101 Å². The highest BCUT2D eigenvalue weighted by Gasteiger charge is 2.34. The standard InChI is InChI=1S/C20H19ClF3N5O3S/c21-16-9-14(3-4-17(16)22)29(33(30,31)15-5-7-25-8-6-15)11-13-2-1-12(10-26-13)19-27-28-20(32-19)18(23)24/h1-4,9-10,15,18,25H,5-8,11H2. The largest absolute Gasteiger partial charge is 0.415 e. The Kier molecular flexibility index (Phi) is 6.86. The third-order valence-corrected chi connectivity index (χ3v) is 7.77. The minimum atomic E-state index is -3.83. The van der Waals surface area contributed by atoms with E-state index < -0.39 is 33.4 Å². The monoisotopic (exact) mass is 501 g/mol. The minimum Gasteiger partial charge on any atom is -0.415 e. The van der Waals surface area contributed by atoms with Gasteiger partial charge in [0.05, 0.1) is 33.8 Å². The van der Waals surface area contributed by atoms with Crippen LogP contribution in [0.1, 0.15) is 30.9 Å². The quantitative estimate of drug-likeness (QED) is 0.523. The molecule has 0 saturated carbocycles. The van der Waals surface area contributed by atoms with Gasteiger partial charge in [0.1, 0.15) is 5.82 Å². The van der Waals surface area contributed by atoms with Crippen molar-refractivity contribution in [2.24, 2.45) is 0 Å². The molecule has 0 atom stereocenters. The van der Waals surface area contributed by atoms with Crippen molar-refractivity contribution in [1.29, 1.82) is 0 Å². The summed E-state index contributed by atoms with van der Waals surface area (Å²) in [5.41, 5.74) is 0.880. The lowest BCUT2D eigenvalue weighted by molar-refractivity contribution is 0.116. The zero-order chi connectivity index (χ0) is 23.6. The Morgan fingerprint density at radius 3 is 2.55 bits per heavy atom. The average molecular weight is 502 g/mol. The van der Waals surface area contributed by atoms with Crippen molar-refractivity contribution in [1.82, 2.24) is 20.5 Å². The highest BCUT2D eigenvalue weighted by atomic mass is 35.5. The first-order chi connectivity index (χ1) is 15.8. The van der Waals surface area contributed by atoms with Crippen molar-refractivity contribution in [2.45, 2.75) is 31.1 Å². The van der Waals surface area contributed by atoms with Crippen LogP contribution in [0, 0.1) is 5.82 Å². The molecule has 33 heavy (non-hydrogen) atoms. The third kappa shape index (κ3) is 5.12. The Morgan fingerprint density at radius 2 is 1.94 bits per heavy atom. The van der Waals surface area contributed by atoms with Crippen LogP contribution in [0.2, 0.25) is 5.02 Å². The van der Waals surface area contributed by atoms with Crippen LogP contribution >= 0.6 is 11.6 Å². The molecule has 4 rings (SSSR count). The van der Waals surface area contributed by atoms with Crippen LogP contribution in [0.4, 0.5) is 18.9 Å². The fraction of sp³-hybridized carbons (Fsp3) is 0.350. The predicted molar refractivity (Wildman–Crippen MR) is 115 cm³/mol. The van der Waals surface area contributed by atoms with Crippen molar-refractivity contribution in [2.75, 3.05) is 17.4 Å². The molecule has 13 heteroatoms. The summed E-state index contributed by atoms with van der Waals surface area (Å²) in [6, 6.07) is 6.75. The zero-order valence-electron chi connectivity index (χ0n) is 17.1. The van der Waals surface area contributed by atoms with Crippen molar-refractivity contribution < 1.29 is 26.0 Å². The molecule has 0 amide bonds. The molecule has 2 aromatic heterocycles. The Bertz CT molecular complexity index is 1220. The van der Waals surface area contributed by atoms with Crippen LogP contribution in [0.5, 0.6) is 0 Å². The fourth-order valence-corrected chi connectivity index (χ4v) is 5.56.